The highest BCUT2D eigenvalue weighted by atomic mass is 35.5. The molecule has 0 fully saturated rings. The molecule has 0 aliphatic carbocycles. The minimum Gasteiger partial charge on any atom is -0.298 e. The van der Waals surface area contributed by atoms with Crippen molar-refractivity contribution in [2.24, 2.45) is 7.05 Å². The summed E-state index contributed by atoms with van der Waals surface area (Å²) in [6.07, 6.45) is 1.78. The van der Waals surface area contributed by atoms with Crippen LogP contribution in [0.25, 0.3) is 22.6 Å². The number of aryl methyl sites for hydroxylation is 3. The number of ketones is 1. The zero-order valence-electron chi connectivity index (χ0n) is 15.9. The van der Waals surface area contributed by atoms with Crippen molar-refractivity contribution in [3.63, 3.8) is 0 Å². The number of carbonyl (C=O) groups is 1. The number of Topliss-reactive ketones (excluding diaryl/α,β-unsaturated/α-hetero) is 1. The maximum Gasteiger partial charge on any atom is 0.332 e. The van der Waals surface area contributed by atoms with Gasteiger partial charge in [-0.1, -0.05) is 17.7 Å². The SMILES string of the molecule is CC(=O)Cn1c(=O)c2c(nc3n(-c4ccc(C)c(Cl)c4)c(C)cn23)n(C)c1=O. The molecule has 0 saturated heterocycles. The van der Waals surface area contributed by atoms with E-state index in [9.17, 15) is 14.4 Å². The molecule has 0 aliphatic rings. The van der Waals surface area contributed by atoms with Gasteiger partial charge in [-0.3, -0.25) is 27.7 Å². The van der Waals surface area contributed by atoms with Gasteiger partial charge in [-0.05, 0) is 38.5 Å². The van der Waals surface area contributed by atoms with Crippen molar-refractivity contribution in [3.8, 4) is 5.69 Å². The van der Waals surface area contributed by atoms with Gasteiger partial charge in [-0.25, -0.2) is 4.79 Å². The number of carbonyl (C=O) groups excluding carboxylic acids is 1. The molecular weight excluding hydrogens is 382 g/mol. The molecule has 0 aliphatic heterocycles. The third-order valence-electron chi connectivity index (χ3n) is 4.82. The fourth-order valence-electron chi connectivity index (χ4n) is 3.41. The summed E-state index contributed by atoms with van der Waals surface area (Å²) in [5.41, 5.74) is 1.99. The summed E-state index contributed by atoms with van der Waals surface area (Å²) in [6.45, 7) is 4.87. The van der Waals surface area contributed by atoms with Gasteiger partial charge in [0.1, 0.15) is 5.78 Å². The van der Waals surface area contributed by atoms with E-state index in [0.717, 1.165) is 21.5 Å². The van der Waals surface area contributed by atoms with Crippen LogP contribution in [0.3, 0.4) is 0 Å². The van der Waals surface area contributed by atoms with Crippen LogP contribution in [-0.2, 0) is 18.4 Å². The van der Waals surface area contributed by atoms with Gasteiger partial charge in [0.15, 0.2) is 11.2 Å². The Labute approximate surface area is 164 Å². The van der Waals surface area contributed by atoms with Gasteiger partial charge in [0, 0.05) is 24.0 Å². The van der Waals surface area contributed by atoms with Crippen LogP contribution >= 0.6 is 11.6 Å². The van der Waals surface area contributed by atoms with Crippen LogP contribution in [0.5, 0.6) is 0 Å². The highest BCUT2D eigenvalue weighted by Crippen LogP contribution is 2.24. The Morgan fingerprint density at radius 3 is 2.57 bits per heavy atom. The molecule has 3 aromatic heterocycles. The van der Waals surface area contributed by atoms with E-state index in [2.05, 4.69) is 4.98 Å². The second-order valence-corrected chi connectivity index (χ2v) is 7.34. The highest BCUT2D eigenvalue weighted by molar-refractivity contribution is 6.31. The first-order valence-corrected chi connectivity index (χ1v) is 9.04. The Hall–Kier alpha value is -3.13. The Morgan fingerprint density at radius 2 is 1.93 bits per heavy atom. The van der Waals surface area contributed by atoms with Crippen LogP contribution in [0.1, 0.15) is 18.2 Å². The first-order chi connectivity index (χ1) is 13.2. The molecule has 28 heavy (non-hydrogen) atoms. The molecule has 0 spiro atoms. The topological polar surface area (TPSA) is 83.3 Å². The third kappa shape index (κ3) is 2.52. The van der Waals surface area contributed by atoms with E-state index in [1.54, 1.807) is 10.6 Å². The second-order valence-electron chi connectivity index (χ2n) is 6.93. The summed E-state index contributed by atoms with van der Waals surface area (Å²) in [7, 11) is 1.53. The lowest BCUT2D eigenvalue weighted by Gasteiger charge is -2.07. The zero-order valence-corrected chi connectivity index (χ0v) is 16.6. The molecule has 0 radical (unpaired) electrons. The number of halogens is 1. The van der Waals surface area contributed by atoms with E-state index in [1.165, 1.54) is 18.5 Å². The Kier molecular flexibility index (Phi) is 4.04. The van der Waals surface area contributed by atoms with E-state index in [4.69, 9.17) is 11.6 Å². The quantitative estimate of drug-likeness (QED) is 0.527. The minimum absolute atomic E-state index is 0.249. The van der Waals surface area contributed by atoms with Crippen molar-refractivity contribution in [1.82, 2.24) is 23.1 Å². The highest BCUT2D eigenvalue weighted by Gasteiger charge is 2.21. The van der Waals surface area contributed by atoms with Crippen LogP contribution in [0.15, 0.2) is 34.0 Å². The number of hydrogen-bond acceptors (Lipinski definition) is 4. The fraction of sp³-hybridized carbons (Fsp3) is 0.263. The number of fused-ring (bicyclic) bond motifs is 3. The van der Waals surface area contributed by atoms with Crippen LogP contribution in [-0.4, -0.2) is 28.9 Å². The zero-order chi connectivity index (χ0) is 20.3. The smallest absolute Gasteiger partial charge is 0.298 e. The first kappa shape index (κ1) is 18.2. The number of benzene rings is 1. The maximum atomic E-state index is 13.0. The van der Waals surface area contributed by atoms with Gasteiger partial charge in [-0.15, -0.1) is 0 Å². The predicted octanol–water partition coefficient (Wildman–Crippen LogP) is 2.00. The molecule has 144 valence electrons. The predicted molar refractivity (Wildman–Crippen MR) is 107 cm³/mol. The van der Waals surface area contributed by atoms with E-state index in [1.807, 2.05) is 36.6 Å². The molecule has 0 atom stereocenters. The molecule has 4 rings (SSSR count). The standard InChI is InChI=1S/C19H18ClN5O3/c1-10-5-6-13(7-14(10)20)25-11(2)8-23-15-16(21-18(23)25)22(4)19(28)24(17(15)27)9-12(3)26/h5-8H,9H2,1-4H3. The van der Waals surface area contributed by atoms with E-state index < -0.39 is 11.2 Å². The van der Waals surface area contributed by atoms with Crippen molar-refractivity contribution < 1.29 is 4.79 Å². The molecule has 0 amide bonds. The van der Waals surface area contributed by atoms with Crippen LogP contribution < -0.4 is 11.2 Å². The fourth-order valence-corrected chi connectivity index (χ4v) is 3.59. The average molecular weight is 400 g/mol. The lowest BCUT2D eigenvalue weighted by molar-refractivity contribution is -0.117. The lowest BCUT2D eigenvalue weighted by Crippen LogP contribution is -2.40. The van der Waals surface area contributed by atoms with E-state index in [0.29, 0.717) is 10.8 Å². The number of aromatic nitrogens is 5. The van der Waals surface area contributed by atoms with Crippen molar-refractivity contribution in [1.29, 1.82) is 0 Å². The number of rotatable bonds is 3. The Bertz CT molecular complexity index is 1400. The average Bonchev–Trinajstić information content (AvgIpc) is 3.14. The summed E-state index contributed by atoms with van der Waals surface area (Å²) in [5, 5.41) is 0.621. The minimum atomic E-state index is -0.574. The van der Waals surface area contributed by atoms with Gasteiger partial charge < -0.3 is 0 Å². The van der Waals surface area contributed by atoms with Gasteiger partial charge in [-0.2, -0.15) is 4.98 Å². The molecule has 0 unspecified atom stereocenters. The van der Waals surface area contributed by atoms with Crippen molar-refractivity contribution >= 4 is 34.3 Å². The first-order valence-electron chi connectivity index (χ1n) is 8.66. The van der Waals surface area contributed by atoms with Gasteiger partial charge in [0.05, 0.1) is 12.2 Å². The van der Waals surface area contributed by atoms with Crippen LogP contribution in [0, 0.1) is 13.8 Å². The summed E-state index contributed by atoms with van der Waals surface area (Å²) < 4.78 is 5.74. The Morgan fingerprint density at radius 1 is 1.21 bits per heavy atom. The van der Waals surface area contributed by atoms with Gasteiger partial charge in [0.25, 0.3) is 5.56 Å². The van der Waals surface area contributed by atoms with E-state index in [-0.39, 0.29) is 23.5 Å². The summed E-state index contributed by atoms with van der Waals surface area (Å²) in [5.74, 6) is 0.211. The molecular formula is C19H18ClN5O3. The lowest BCUT2D eigenvalue weighted by atomic mass is 10.2. The molecule has 1 aromatic carbocycles. The second kappa shape index (κ2) is 6.20. The van der Waals surface area contributed by atoms with Crippen molar-refractivity contribution in [2.45, 2.75) is 27.3 Å². The molecule has 3 heterocycles. The van der Waals surface area contributed by atoms with E-state index >= 15 is 0 Å². The van der Waals surface area contributed by atoms with Gasteiger partial charge >= 0.3 is 5.69 Å². The summed E-state index contributed by atoms with van der Waals surface area (Å²) >= 11 is 6.28. The maximum absolute atomic E-state index is 13.0. The molecule has 9 heteroatoms. The van der Waals surface area contributed by atoms with Crippen LogP contribution in [0.2, 0.25) is 5.02 Å². The third-order valence-corrected chi connectivity index (χ3v) is 5.23. The monoisotopic (exact) mass is 399 g/mol. The largest absolute Gasteiger partial charge is 0.332 e. The summed E-state index contributed by atoms with van der Waals surface area (Å²) in [6, 6.07) is 5.66. The van der Waals surface area contributed by atoms with Crippen molar-refractivity contribution in [2.75, 3.05) is 0 Å². The van der Waals surface area contributed by atoms with Crippen LogP contribution in [0.4, 0.5) is 0 Å². The molecule has 8 nitrogen and oxygen atoms in total. The molecule has 0 saturated carbocycles. The van der Waals surface area contributed by atoms with Crippen molar-refractivity contribution in [3.05, 3.63) is 61.5 Å². The number of hydrogen-bond donors (Lipinski definition) is 0. The normalized spacial score (nSPS) is 11.6. The molecule has 0 bridgehead atoms. The molecule has 0 N–H and O–H groups in total. The number of nitrogens with zero attached hydrogens (tertiary/aromatic N) is 5. The number of imidazole rings is 2. The molecule has 4 aromatic rings. The Balaban J connectivity index is 2.12. The summed E-state index contributed by atoms with van der Waals surface area (Å²) in [4.78, 5) is 41.6. The van der Waals surface area contributed by atoms with Gasteiger partial charge in [0.2, 0.25) is 5.78 Å².